The quantitative estimate of drug-likeness (QED) is 0.192. The second-order valence-electron chi connectivity index (χ2n) is 14.4. The Bertz CT molecular complexity index is 1490. The molecule has 0 bridgehead atoms. The van der Waals surface area contributed by atoms with Gasteiger partial charge in [-0.1, -0.05) is 31.5 Å². The van der Waals surface area contributed by atoms with E-state index in [2.05, 4.69) is 24.8 Å². The van der Waals surface area contributed by atoms with Crippen molar-refractivity contribution in [1.82, 2.24) is 9.97 Å². The number of benzene rings is 1. The minimum Gasteiger partial charge on any atom is -0.490 e. The summed E-state index contributed by atoms with van der Waals surface area (Å²) in [6, 6.07) is 9.86. The van der Waals surface area contributed by atoms with Crippen molar-refractivity contribution in [3.8, 4) is 16.9 Å². The monoisotopic (exact) mass is 650 g/mol. The maximum absolute atomic E-state index is 13.7. The van der Waals surface area contributed by atoms with Crippen LogP contribution in [-0.2, 0) is 14.3 Å². The molecule has 1 aliphatic rings. The molecular weight excluding hydrogens is 600 g/mol. The fourth-order valence-electron chi connectivity index (χ4n) is 5.58. The van der Waals surface area contributed by atoms with E-state index in [-0.39, 0.29) is 11.5 Å². The number of pyridine rings is 2. The number of ether oxygens (including phenoxy) is 3. The SMILES string of the molecule is Cc1ccc(OCCN(C)c2ccc(-c3cnc(C)c([C@H](OC(C)(C)C)C(=O)OC(C)C)c3N3CCC(C)(C)CC3)cn2)c(Cl)c1. The summed E-state index contributed by atoms with van der Waals surface area (Å²) in [4.78, 5) is 27.7. The van der Waals surface area contributed by atoms with Gasteiger partial charge in [-0.05, 0) is 96.6 Å². The third kappa shape index (κ3) is 9.13. The highest BCUT2D eigenvalue weighted by molar-refractivity contribution is 6.32. The summed E-state index contributed by atoms with van der Waals surface area (Å²) in [5.41, 5.74) is 5.05. The third-order valence-electron chi connectivity index (χ3n) is 8.24. The van der Waals surface area contributed by atoms with Crippen LogP contribution < -0.4 is 14.5 Å². The van der Waals surface area contributed by atoms with Gasteiger partial charge in [-0.25, -0.2) is 9.78 Å². The zero-order valence-corrected chi connectivity index (χ0v) is 30.0. The lowest BCUT2D eigenvalue weighted by atomic mass is 9.82. The van der Waals surface area contributed by atoms with E-state index in [1.165, 1.54) is 0 Å². The van der Waals surface area contributed by atoms with Gasteiger partial charge >= 0.3 is 5.97 Å². The average Bonchev–Trinajstić information content (AvgIpc) is 2.96. The molecule has 0 spiro atoms. The number of hydrogen-bond acceptors (Lipinski definition) is 8. The number of aryl methyl sites for hydroxylation is 2. The smallest absolute Gasteiger partial charge is 0.340 e. The Morgan fingerprint density at radius 3 is 2.35 bits per heavy atom. The maximum Gasteiger partial charge on any atom is 0.340 e. The highest BCUT2D eigenvalue weighted by atomic mass is 35.5. The first kappa shape index (κ1) is 35.5. The minimum absolute atomic E-state index is 0.249. The van der Waals surface area contributed by atoms with Crippen LogP contribution in [0.4, 0.5) is 11.5 Å². The predicted octanol–water partition coefficient (Wildman–Crippen LogP) is 8.36. The number of carbonyl (C=O) groups excluding carboxylic acids is 1. The van der Waals surface area contributed by atoms with Gasteiger partial charge in [0.1, 0.15) is 18.2 Å². The van der Waals surface area contributed by atoms with Crippen molar-refractivity contribution >= 4 is 29.1 Å². The molecule has 4 rings (SSSR count). The molecule has 1 aliphatic heterocycles. The number of aromatic nitrogens is 2. The average molecular weight is 651 g/mol. The fraction of sp³-hybridized carbons (Fsp3) is 0.541. The molecule has 0 radical (unpaired) electrons. The fourth-order valence-corrected chi connectivity index (χ4v) is 5.87. The summed E-state index contributed by atoms with van der Waals surface area (Å²) in [7, 11) is 1.99. The van der Waals surface area contributed by atoms with E-state index in [9.17, 15) is 4.79 Å². The highest BCUT2D eigenvalue weighted by Gasteiger charge is 2.37. The van der Waals surface area contributed by atoms with E-state index in [0.717, 1.165) is 65.4 Å². The predicted molar refractivity (Wildman–Crippen MR) is 187 cm³/mol. The Morgan fingerprint density at radius 2 is 1.76 bits per heavy atom. The van der Waals surface area contributed by atoms with Crippen LogP contribution in [0.1, 0.15) is 84.2 Å². The zero-order chi connectivity index (χ0) is 33.8. The number of halogens is 1. The van der Waals surface area contributed by atoms with Crippen molar-refractivity contribution in [2.45, 2.75) is 93.0 Å². The van der Waals surface area contributed by atoms with Crippen molar-refractivity contribution in [1.29, 1.82) is 0 Å². The van der Waals surface area contributed by atoms with Crippen LogP contribution in [0.15, 0.2) is 42.7 Å². The maximum atomic E-state index is 13.7. The van der Waals surface area contributed by atoms with E-state index in [1.54, 1.807) is 0 Å². The van der Waals surface area contributed by atoms with Crippen molar-refractivity contribution < 1.29 is 19.0 Å². The lowest BCUT2D eigenvalue weighted by Gasteiger charge is -2.41. The van der Waals surface area contributed by atoms with Gasteiger partial charge in [0.25, 0.3) is 0 Å². The molecule has 0 saturated carbocycles. The zero-order valence-electron chi connectivity index (χ0n) is 29.2. The van der Waals surface area contributed by atoms with Crippen molar-refractivity contribution in [2.75, 3.05) is 43.1 Å². The Labute approximate surface area is 280 Å². The number of nitrogens with zero attached hydrogens (tertiary/aromatic N) is 4. The second kappa shape index (κ2) is 14.6. The number of rotatable bonds is 11. The molecular formula is C37H51ClN4O4. The number of esters is 1. The van der Waals surface area contributed by atoms with Gasteiger partial charge in [0.2, 0.25) is 0 Å². The molecule has 1 fully saturated rings. The van der Waals surface area contributed by atoms with Crippen LogP contribution in [-0.4, -0.2) is 60.9 Å². The molecule has 8 nitrogen and oxygen atoms in total. The van der Waals surface area contributed by atoms with E-state index < -0.39 is 17.7 Å². The van der Waals surface area contributed by atoms with E-state index in [1.807, 2.05) is 97.1 Å². The number of likely N-dealkylation sites (N-methyl/N-ethyl adjacent to an activating group) is 1. The first-order valence-electron chi connectivity index (χ1n) is 16.2. The van der Waals surface area contributed by atoms with Gasteiger partial charge in [-0.15, -0.1) is 0 Å². The van der Waals surface area contributed by atoms with E-state index in [4.69, 9.17) is 35.8 Å². The second-order valence-corrected chi connectivity index (χ2v) is 14.8. The van der Waals surface area contributed by atoms with Gasteiger partial charge in [0.15, 0.2) is 6.10 Å². The molecule has 2 aromatic heterocycles. The van der Waals surface area contributed by atoms with Crippen LogP contribution in [0.2, 0.25) is 5.02 Å². The first-order chi connectivity index (χ1) is 21.5. The van der Waals surface area contributed by atoms with Crippen LogP contribution in [0.5, 0.6) is 5.75 Å². The molecule has 1 aromatic carbocycles. The number of piperidine rings is 1. The van der Waals surface area contributed by atoms with Gasteiger partial charge in [0.05, 0.1) is 29.0 Å². The molecule has 250 valence electrons. The van der Waals surface area contributed by atoms with Gasteiger partial charge in [0, 0.05) is 54.9 Å². The Balaban J connectivity index is 1.68. The molecule has 9 heteroatoms. The van der Waals surface area contributed by atoms with Crippen molar-refractivity contribution in [3.63, 3.8) is 0 Å². The summed E-state index contributed by atoms with van der Waals surface area (Å²) >= 11 is 6.34. The van der Waals surface area contributed by atoms with E-state index >= 15 is 0 Å². The summed E-state index contributed by atoms with van der Waals surface area (Å²) in [6.07, 6.45) is 4.64. The van der Waals surface area contributed by atoms with E-state index in [0.29, 0.717) is 23.9 Å². The number of anilines is 2. The van der Waals surface area contributed by atoms with Crippen LogP contribution >= 0.6 is 11.6 Å². The molecule has 1 atom stereocenters. The molecule has 0 amide bonds. The van der Waals surface area contributed by atoms with Crippen LogP contribution in [0.25, 0.3) is 11.1 Å². The Morgan fingerprint density at radius 1 is 1.07 bits per heavy atom. The van der Waals surface area contributed by atoms with Crippen molar-refractivity contribution in [2.24, 2.45) is 5.41 Å². The van der Waals surface area contributed by atoms with Crippen molar-refractivity contribution in [3.05, 3.63) is 64.6 Å². The normalized spacial score (nSPS) is 15.5. The molecule has 0 N–H and O–H groups in total. The summed E-state index contributed by atoms with van der Waals surface area (Å²) in [6.45, 7) is 21.0. The number of hydrogen-bond donors (Lipinski definition) is 0. The lowest BCUT2D eigenvalue weighted by Crippen LogP contribution is -2.39. The third-order valence-corrected chi connectivity index (χ3v) is 8.54. The molecule has 3 heterocycles. The minimum atomic E-state index is -0.930. The standard InChI is InChI=1S/C37H51ClN4O4/c1-24(2)45-35(43)34(46-36(5,6)7)32-26(4)39-23-28(33(32)42-17-15-37(8,9)16-18-42)27-12-14-31(40-22-27)41(10)19-20-44-30-13-11-25(3)21-29(30)38/h11-14,21-24,34H,15-20H2,1-10H3/t34-/m0/s1. The molecule has 3 aromatic rings. The largest absolute Gasteiger partial charge is 0.490 e. The highest BCUT2D eigenvalue weighted by Crippen LogP contribution is 2.43. The molecule has 1 saturated heterocycles. The Hall–Kier alpha value is -3.36. The van der Waals surface area contributed by atoms with Gasteiger partial charge in [-0.2, -0.15) is 0 Å². The molecule has 46 heavy (non-hydrogen) atoms. The Kier molecular flexibility index (Phi) is 11.3. The first-order valence-corrected chi connectivity index (χ1v) is 16.6. The molecule has 0 aliphatic carbocycles. The van der Waals surface area contributed by atoms with Gasteiger partial charge in [-0.3, -0.25) is 4.98 Å². The van der Waals surface area contributed by atoms with Crippen LogP contribution in [0, 0.1) is 19.3 Å². The molecule has 0 unspecified atom stereocenters. The van der Waals surface area contributed by atoms with Crippen LogP contribution in [0.3, 0.4) is 0 Å². The lowest BCUT2D eigenvalue weighted by molar-refractivity contribution is -0.171. The van der Waals surface area contributed by atoms with Gasteiger partial charge < -0.3 is 24.0 Å². The summed E-state index contributed by atoms with van der Waals surface area (Å²) < 4.78 is 18.2. The summed E-state index contributed by atoms with van der Waals surface area (Å²) in [5, 5.41) is 0.608. The summed E-state index contributed by atoms with van der Waals surface area (Å²) in [5.74, 6) is 1.08. The number of carbonyl (C=O) groups is 1. The topological polar surface area (TPSA) is 77.0 Å².